The molecule has 0 fully saturated rings. The second kappa shape index (κ2) is 7.93. The standard InChI is InChI=1S/C16H19B2N3O3S/c1-12-10-19-16(20-11-12)15(22)13(2)25(23,24)21(17)18(3)9-14-7-5-4-6-8-14/h4-8,10-11,13H,9H2,1-3H3. The first kappa shape index (κ1) is 19.3. The van der Waals surface area contributed by atoms with Crippen molar-refractivity contribution in [2.45, 2.75) is 32.2 Å². The van der Waals surface area contributed by atoms with Gasteiger partial charge in [0.05, 0.1) is 0 Å². The predicted octanol–water partition coefficient (Wildman–Crippen LogP) is 1.47. The Morgan fingerprint density at radius 2 is 1.80 bits per heavy atom. The Hall–Kier alpha value is -1.99. The van der Waals surface area contributed by atoms with Crippen molar-refractivity contribution >= 4 is 30.6 Å². The number of Topliss-reactive ketones (excluding diaryl/α,β-unsaturated/α-hetero) is 1. The highest BCUT2D eigenvalue weighted by Crippen LogP contribution is 2.15. The Labute approximate surface area is 150 Å². The van der Waals surface area contributed by atoms with Crippen LogP contribution in [0.5, 0.6) is 0 Å². The number of aryl methyl sites for hydroxylation is 1. The Balaban J connectivity index is 2.15. The van der Waals surface area contributed by atoms with E-state index in [4.69, 9.17) is 7.98 Å². The van der Waals surface area contributed by atoms with Gasteiger partial charge in [-0.3, -0.25) is 8.92 Å². The van der Waals surface area contributed by atoms with Crippen LogP contribution in [0.15, 0.2) is 42.7 Å². The molecule has 2 rings (SSSR count). The van der Waals surface area contributed by atoms with Gasteiger partial charge >= 0.3 is 0 Å². The highest BCUT2D eigenvalue weighted by molar-refractivity contribution is 7.92. The molecule has 0 N–H and O–H groups in total. The number of rotatable bonds is 7. The normalized spacial score (nSPS) is 12.8. The van der Waals surface area contributed by atoms with Crippen LogP contribution >= 0.6 is 0 Å². The second-order valence-corrected chi connectivity index (χ2v) is 8.16. The zero-order chi connectivity index (χ0) is 18.6. The number of carbonyl (C=O) groups is 1. The minimum atomic E-state index is -4.03. The molecule has 1 unspecified atom stereocenters. The van der Waals surface area contributed by atoms with E-state index in [0.29, 0.717) is 6.32 Å². The molecule has 2 aromatic rings. The molecule has 9 heteroatoms. The van der Waals surface area contributed by atoms with E-state index in [-0.39, 0.29) is 5.82 Å². The van der Waals surface area contributed by atoms with Crippen molar-refractivity contribution in [1.29, 1.82) is 0 Å². The summed E-state index contributed by atoms with van der Waals surface area (Å²) in [4.78, 5) is 20.2. The predicted molar refractivity (Wildman–Crippen MR) is 98.8 cm³/mol. The quantitative estimate of drug-likeness (QED) is 0.555. The Morgan fingerprint density at radius 3 is 2.36 bits per heavy atom. The van der Waals surface area contributed by atoms with E-state index in [9.17, 15) is 13.2 Å². The van der Waals surface area contributed by atoms with Crippen molar-refractivity contribution in [3.05, 3.63) is 59.7 Å². The summed E-state index contributed by atoms with van der Waals surface area (Å²) < 4.78 is 26.1. The number of nitrogens with zero attached hydrogens (tertiary/aromatic N) is 3. The summed E-state index contributed by atoms with van der Waals surface area (Å²) in [6.45, 7) is 4.28. The SMILES string of the molecule is [B]N(B(C)Cc1ccccc1)S(=O)(=O)C(C)C(=O)c1ncc(C)cn1. The average Bonchev–Trinajstić information content (AvgIpc) is 2.61. The van der Waals surface area contributed by atoms with Crippen LogP contribution in [-0.4, -0.2) is 48.4 Å². The van der Waals surface area contributed by atoms with E-state index in [2.05, 4.69) is 9.97 Å². The molecule has 1 atom stereocenters. The molecule has 0 aliphatic rings. The molecule has 6 nitrogen and oxygen atoms in total. The molecule has 0 aliphatic heterocycles. The molecule has 0 aliphatic carbocycles. The summed E-state index contributed by atoms with van der Waals surface area (Å²) in [5.41, 5.74) is 1.74. The monoisotopic (exact) mass is 355 g/mol. The van der Waals surface area contributed by atoms with Gasteiger partial charge in [0.25, 0.3) is 0 Å². The van der Waals surface area contributed by atoms with Crippen molar-refractivity contribution in [3.63, 3.8) is 0 Å². The van der Waals surface area contributed by atoms with Gasteiger partial charge in [0.1, 0.15) is 5.25 Å². The van der Waals surface area contributed by atoms with Gasteiger partial charge < -0.3 is 0 Å². The number of benzene rings is 1. The molecular formula is C16H19B2N3O3S. The highest BCUT2D eigenvalue weighted by atomic mass is 32.2. The lowest BCUT2D eigenvalue weighted by molar-refractivity contribution is 0.0981. The van der Waals surface area contributed by atoms with Gasteiger partial charge in [-0.15, -0.1) is 0 Å². The molecule has 0 amide bonds. The van der Waals surface area contributed by atoms with Gasteiger partial charge in [0, 0.05) is 12.4 Å². The van der Waals surface area contributed by atoms with E-state index >= 15 is 0 Å². The molecule has 2 radical (unpaired) electrons. The van der Waals surface area contributed by atoms with E-state index in [0.717, 1.165) is 15.3 Å². The molecule has 0 saturated carbocycles. The lowest BCUT2D eigenvalue weighted by Gasteiger charge is -2.25. The third kappa shape index (κ3) is 4.55. The highest BCUT2D eigenvalue weighted by Gasteiger charge is 2.36. The van der Waals surface area contributed by atoms with Crippen LogP contribution in [0, 0.1) is 6.92 Å². The second-order valence-electron chi connectivity index (χ2n) is 6.00. The van der Waals surface area contributed by atoms with Gasteiger partial charge in [0.2, 0.25) is 22.7 Å². The zero-order valence-corrected chi connectivity index (χ0v) is 15.3. The zero-order valence-electron chi connectivity index (χ0n) is 14.5. The van der Waals surface area contributed by atoms with E-state index in [1.807, 2.05) is 30.3 Å². The Morgan fingerprint density at radius 1 is 1.24 bits per heavy atom. The van der Waals surface area contributed by atoms with Gasteiger partial charge in [-0.25, -0.2) is 18.4 Å². The van der Waals surface area contributed by atoms with Crippen LogP contribution in [0.4, 0.5) is 0 Å². The van der Waals surface area contributed by atoms with Crippen molar-refractivity contribution in [3.8, 4) is 0 Å². The summed E-state index contributed by atoms with van der Waals surface area (Å²) in [6, 6.07) is 9.42. The Kier molecular flexibility index (Phi) is 6.13. The minimum absolute atomic E-state index is 0.134. The van der Waals surface area contributed by atoms with Crippen molar-refractivity contribution in [1.82, 2.24) is 14.1 Å². The molecule has 1 heterocycles. The van der Waals surface area contributed by atoms with Crippen LogP contribution in [-0.2, 0) is 16.3 Å². The van der Waals surface area contributed by atoms with Crippen LogP contribution in [0.3, 0.4) is 0 Å². The average molecular weight is 355 g/mol. The van der Waals surface area contributed by atoms with Crippen molar-refractivity contribution in [2.24, 2.45) is 0 Å². The van der Waals surface area contributed by atoms with Crippen molar-refractivity contribution < 1.29 is 13.2 Å². The van der Waals surface area contributed by atoms with Crippen LogP contribution in [0.2, 0.25) is 6.82 Å². The lowest BCUT2D eigenvalue weighted by Crippen LogP contribution is -2.47. The van der Waals surface area contributed by atoms with Gasteiger partial charge in [0.15, 0.2) is 13.8 Å². The third-order valence-corrected chi connectivity index (χ3v) is 5.97. The van der Waals surface area contributed by atoms with Crippen LogP contribution in [0.1, 0.15) is 28.7 Å². The lowest BCUT2D eigenvalue weighted by atomic mass is 9.58. The molecule has 1 aromatic carbocycles. The van der Waals surface area contributed by atoms with Crippen LogP contribution in [0.25, 0.3) is 0 Å². The molecule has 25 heavy (non-hydrogen) atoms. The molecule has 128 valence electrons. The fourth-order valence-corrected chi connectivity index (χ4v) is 3.63. The summed E-state index contributed by atoms with van der Waals surface area (Å²) in [5, 5.41) is -1.36. The Bertz CT molecular complexity index is 829. The van der Waals surface area contributed by atoms with E-state index in [1.54, 1.807) is 13.7 Å². The summed E-state index contributed by atoms with van der Waals surface area (Å²) >= 11 is 0. The maximum absolute atomic E-state index is 12.7. The number of sulfonamides is 1. The number of hydrogen-bond acceptors (Lipinski definition) is 5. The van der Waals surface area contributed by atoms with Gasteiger partial charge in [-0.1, -0.05) is 42.7 Å². The first-order chi connectivity index (χ1) is 11.7. The number of aromatic nitrogens is 2. The smallest absolute Gasteiger partial charge is 0.227 e. The minimum Gasteiger partial charge on any atom is -0.292 e. The fourth-order valence-electron chi connectivity index (χ4n) is 2.32. The maximum atomic E-state index is 12.7. The molecule has 1 aromatic heterocycles. The first-order valence-electron chi connectivity index (χ1n) is 7.88. The summed E-state index contributed by atoms with van der Waals surface area (Å²) in [6.07, 6.45) is 3.38. The third-order valence-electron chi connectivity index (χ3n) is 3.92. The summed E-state index contributed by atoms with van der Waals surface area (Å²) in [5.74, 6) is -0.812. The van der Waals surface area contributed by atoms with Crippen LogP contribution < -0.4 is 0 Å². The first-order valence-corrected chi connectivity index (χ1v) is 9.38. The number of ketones is 1. The molecule has 0 bridgehead atoms. The maximum Gasteiger partial charge on any atom is 0.227 e. The molecular weight excluding hydrogens is 336 g/mol. The largest absolute Gasteiger partial charge is 0.292 e. The number of carbonyl (C=O) groups excluding carboxylic acids is 1. The van der Waals surface area contributed by atoms with E-state index < -0.39 is 27.9 Å². The van der Waals surface area contributed by atoms with E-state index in [1.165, 1.54) is 19.3 Å². The van der Waals surface area contributed by atoms with Crippen molar-refractivity contribution in [2.75, 3.05) is 0 Å². The molecule has 0 saturated heterocycles. The summed E-state index contributed by atoms with van der Waals surface area (Å²) in [7, 11) is 1.80. The number of hydrogen-bond donors (Lipinski definition) is 0. The van der Waals surface area contributed by atoms with Gasteiger partial charge in [-0.05, 0) is 25.7 Å². The molecule has 0 spiro atoms. The van der Waals surface area contributed by atoms with Gasteiger partial charge in [-0.2, -0.15) is 0 Å². The topological polar surface area (TPSA) is 80.2 Å². The fraction of sp³-hybridized carbons (Fsp3) is 0.312.